The third-order valence-corrected chi connectivity index (χ3v) is 4.93. The van der Waals surface area contributed by atoms with Crippen molar-refractivity contribution in [3.63, 3.8) is 0 Å². The summed E-state index contributed by atoms with van der Waals surface area (Å²) < 4.78 is 12.0. The van der Waals surface area contributed by atoms with Crippen molar-refractivity contribution in [3.05, 3.63) is 58.5 Å². The van der Waals surface area contributed by atoms with Crippen molar-refractivity contribution < 1.29 is 13.9 Å². The molecule has 1 aromatic heterocycles. The summed E-state index contributed by atoms with van der Waals surface area (Å²) in [5.74, 6) is 0.640. The fraction of sp³-hybridized carbons (Fsp3) is 0.333. The molecule has 0 spiro atoms. The molecule has 1 amide bonds. The van der Waals surface area contributed by atoms with E-state index < -0.39 is 0 Å². The summed E-state index contributed by atoms with van der Waals surface area (Å²) in [4.78, 5) is 12.9. The predicted molar refractivity (Wildman–Crippen MR) is 92.6 cm³/mol. The van der Waals surface area contributed by atoms with Gasteiger partial charge in [-0.05, 0) is 42.7 Å². The summed E-state index contributed by atoms with van der Waals surface area (Å²) in [6, 6.07) is 11.6. The van der Waals surface area contributed by atoms with Crippen LogP contribution in [-0.4, -0.2) is 29.3 Å². The summed E-state index contributed by atoms with van der Waals surface area (Å²) in [6.45, 7) is 0.641. The van der Waals surface area contributed by atoms with Gasteiger partial charge in [0.15, 0.2) is 0 Å². The minimum absolute atomic E-state index is 0.0676. The Morgan fingerprint density at radius 2 is 2.08 bits per heavy atom. The fourth-order valence-corrected chi connectivity index (χ4v) is 3.43. The number of benzene rings is 1. The number of carbonyl (C=O) groups excluding carboxylic acids is 1. The first-order chi connectivity index (χ1) is 11.7. The van der Waals surface area contributed by atoms with Crippen molar-refractivity contribution in [3.8, 4) is 0 Å². The molecule has 5 nitrogen and oxygen atoms in total. The van der Waals surface area contributed by atoms with Crippen molar-refractivity contribution >= 4 is 27.5 Å². The van der Waals surface area contributed by atoms with Gasteiger partial charge in [-0.3, -0.25) is 4.79 Å². The van der Waals surface area contributed by atoms with Crippen LogP contribution in [-0.2, 0) is 9.53 Å². The highest BCUT2D eigenvalue weighted by atomic mass is 79.9. The minimum Gasteiger partial charge on any atom is -0.463 e. The molecule has 0 radical (unpaired) electrons. The number of hydrogen-bond acceptors (Lipinski definition) is 4. The van der Waals surface area contributed by atoms with Gasteiger partial charge < -0.3 is 9.15 Å². The van der Waals surface area contributed by atoms with Gasteiger partial charge in [-0.2, -0.15) is 5.10 Å². The quantitative estimate of drug-likeness (QED) is 0.800. The molecule has 6 heteroatoms. The molecule has 0 aliphatic carbocycles. The average Bonchev–Trinajstić information content (AvgIpc) is 3.34. The Balaban J connectivity index is 1.66. The number of hydrogen-bond donors (Lipinski definition) is 0. The van der Waals surface area contributed by atoms with E-state index in [4.69, 9.17) is 9.15 Å². The molecule has 3 heterocycles. The molecule has 0 N–H and O–H groups in total. The number of rotatable bonds is 3. The third kappa shape index (κ3) is 2.91. The topological polar surface area (TPSA) is 55.0 Å². The Morgan fingerprint density at radius 3 is 2.75 bits per heavy atom. The van der Waals surface area contributed by atoms with Gasteiger partial charge in [0, 0.05) is 17.5 Å². The normalized spacial score (nSPS) is 23.5. The molecule has 24 heavy (non-hydrogen) atoms. The van der Waals surface area contributed by atoms with Crippen molar-refractivity contribution in [1.82, 2.24) is 5.01 Å². The van der Waals surface area contributed by atoms with Crippen LogP contribution in [0.15, 0.2) is 56.7 Å². The molecule has 0 saturated carbocycles. The average molecular weight is 389 g/mol. The Kier molecular flexibility index (Phi) is 4.24. The zero-order valence-corrected chi connectivity index (χ0v) is 14.6. The maximum Gasteiger partial charge on any atom is 0.272 e. The Morgan fingerprint density at radius 1 is 1.25 bits per heavy atom. The van der Waals surface area contributed by atoms with Crippen LogP contribution in [0.1, 0.15) is 36.6 Å². The lowest BCUT2D eigenvalue weighted by atomic mass is 10.0. The van der Waals surface area contributed by atoms with Gasteiger partial charge in [0.2, 0.25) is 0 Å². The lowest BCUT2D eigenvalue weighted by Crippen LogP contribution is -2.35. The first-order valence-corrected chi connectivity index (χ1v) is 8.83. The monoisotopic (exact) mass is 388 g/mol. The van der Waals surface area contributed by atoms with Crippen molar-refractivity contribution in [2.24, 2.45) is 5.10 Å². The number of hydrazone groups is 1. The van der Waals surface area contributed by atoms with Crippen molar-refractivity contribution in [1.29, 1.82) is 0 Å². The number of ether oxygens (including phenoxy) is 1. The molecule has 1 fully saturated rings. The molecule has 2 aliphatic rings. The maximum atomic E-state index is 12.9. The molecule has 4 rings (SSSR count). The van der Waals surface area contributed by atoms with Crippen LogP contribution < -0.4 is 0 Å². The van der Waals surface area contributed by atoms with Gasteiger partial charge in [0.05, 0.1) is 12.3 Å². The van der Waals surface area contributed by atoms with Crippen LogP contribution in [0, 0.1) is 0 Å². The van der Waals surface area contributed by atoms with E-state index in [9.17, 15) is 4.79 Å². The summed E-state index contributed by atoms with van der Waals surface area (Å²) in [5.41, 5.74) is 1.84. The van der Waals surface area contributed by atoms with Gasteiger partial charge in [-0.15, -0.1) is 0 Å². The summed E-state index contributed by atoms with van der Waals surface area (Å²) >= 11 is 3.45. The Bertz CT molecular complexity index is 749. The highest BCUT2D eigenvalue weighted by Gasteiger charge is 2.38. The second kappa shape index (κ2) is 6.53. The highest BCUT2D eigenvalue weighted by Crippen LogP contribution is 2.35. The zero-order valence-electron chi connectivity index (χ0n) is 13.0. The van der Waals surface area contributed by atoms with E-state index in [0.29, 0.717) is 18.8 Å². The molecule has 1 aromatic carbocycles. The first kappa shape index (κ1) is 15.6. The van der Waals surface area contributed by atoms with Crippen LogP contribution in [0.5, 0.6) is 0 Å². The molecule has 124 valence electrons. The van der Waals surface area contributed by atoms with E-state index in [2.05, 4.69) is 21.0 Å². The lowest BCUT2D eigenvalue weighted by Gasteiger charge is -2.24. The van der Waals surface area contributed by atoms with Crippen LogP contribution in [0.4, 0.5) is 0 Å². The second-order valence-electron chi connectivity index (χ2n) is 5.98. The Hall–Kier alpha value is -1.92. The van der Waals surface area contributed by atoms with E-state index in [-0.39, 0.29) is 18.1 Å². The number of carbonyl (C=O) groups is 1. The van der Waals surface area contributed by atoms with Crippen molar-refractivity contribution in [2.45, 2.75) is 31.4 Å². The van der Waals surface area contributed by atoms with Gasteiger partial charge in [0.1, 0.15) is 17.6 Å². The Labute approximate surface area is 148 Å². The summed E-state index contributed by atoms with van der Waals surface area (Å²) in [7, 11) is 0. The van der Waals surface area contributed by atoms with E-state index in [1.54, 1.807) is 11.3 Å². The lowest BCUT2D eigenvalue weighted by molar-refractivity contribution is -0.142. The summed E-state index contributed by atoms with van der Waals surface area (Å²) in [6.07, 6.45) is 3.54. The van der Waals surface area contributed by atoms with Crippen LogP contribution in [0.2, 0.25) is 0 Å². The molecular weight excluding hydrogens is 372 g/mol. The standard InChI is InChI=1S/C18H17BrN2O3/c19-13-7-5-12(6-8-13)15-11-14(16-3-1-9-23-16)20-21(15)18(22)17-4-2-10-24-17/h1,3,5-9,15,17H,2,4,10-11H2. The van der Waals surface area contributed by atoms with Gasteiger partial charge >= 0.3 is 0 Å². The van der Waals surface area contributed by atoms with E-state index >= 15 is 0 Å². The number of amides is 1. The molecule has 1 saturated heterocycles. The molecule has 0 bridgehead atoms. The molecule has 2 aromatic rings. The largest absolute Gasteiger partial charge is 0.463 e. The maximum absolute atomic E-state index is 12.9. The smallest absolute Gasteiger partial charge is 0.272 e. The van der Waals surface area contributed by atoms with Gasteiger partial charge in [-0.25, -0.2) is 5.01 Å². The summed E-state index contributed by atoms with van der Waals surface area (Å²) in [5, 5.41) is 6.15. The highest BCUT2D eigenvalue weighted by molar-refractivity contribution is 9.10. The van der Waals surface area contributed by atoms with E-state index in [1.165, 1.54) is 0 Å². The predicted octanol–water partition coefficient (Wildman–Crippen LogP) is 3.90. The van der Waals surface area contributed by atoms with Crippen LogP contribution in [0.3, 0.4) is 0 Å². The SMILES string of the molecule is O=C(C1CCCO1)N1N=C(c2ccco2)CC1c1ccc(Br)cc1. The third-order valence-electron chi connectivity index (χ3n) is 4.40. The number of halogens is 1. The first-order valence-electron chi connectivity index (χ1n) is 8.04. The molecule has 2 atom stereocenters. The zero-order chi connectivity index (χ0) is 16.5. The second-order valence-corrected chi connectivity index (χ2v) is 6.90. The van der Waals surface area contributed by atoms with Gasteiger partial charge in [0.25, 0.3) is 5.91 Å². The number of furan rings is 1. The van der Waals surface area contributed by atoms with E-state index in [0.717, 1.165) is 28.6 Å². The molecule has 2 aliphatic heterocycles. The van der Waals surface area contributed by atoms with Crippen LogP contribution >= 0.6 is 15.9 Å². The minimum atomic E-state index is -0.386. The number of nitrogens with zero attached hydrogens (tertiary/aromatic N) is 2. The van der Waals surface area contributed by atoms with Crippen LogP contribution in [0.25, 0.3) is 0 Å². The molecular formula is C18H17BrN2O3. The van der Waals surface area contributed by atoms with Crippen molar-refractivity contribution in [2.75, 3.05) is 6.61 Å². The van der Waals surface area contributed by atoms with Gasteiger partial charge in [-0.1, -0.05) is 28.1 Å². The van der Waals surface area contributed by atoms with E-state index in [1.807, 2.05) is 36.4 Å². The fourth-order valence-electron chi connectivity index (χ4n) is 3.17. The molecule has 2 unspecified atom stereocenters.